The molecule has 0 saturated carbocycles. The summed E-state index contributed by atoms with van der Waals surface area (Å²) in [7, 11) is 0. The van der Waals surface area contributed by atoms with Crippen LogP contribution in [0.2, 0.25) is 0 Å². The number of dihydropyridines is 1. The highest BCUT2D eigenvalue weighted by molar-refractivity contribution is 9.12. The number of nitrogens with one attached hydrogen (secondary N) is 2. The van der Waals surface area contributed by atoms with Crippen molar-refractivity contribution in [3.63, 3.8) is 0 Å². The van der Waals surface area contributed by atoms with Gasteiger partial charge in [-0.3, -0.25) is 4.90 Å². The Hall–Kier alpha value is -0.820. The van der Waals surface area contributed by atoms with Crippen molar-refractivity contribution in [3.8, 4) is 5.75 Å². The number of phenols is 1. The molecule has 6 heteroatoms. The highest BCUT2D eigenvalue weighted by Gasteiger charge is 2.32. The van der Waals surface area contributed by atoms with Gasteiger partial charge in [0, 0.05) is 48.9 Å². The molecule has 2 heterocycles. The summed E-state index contributed by atoms with van der Waals surface area (Å²) in [4.78, 5) is 2.59. The first-order chi connectivity index (χ1) is 13.1. The lowest BCUT2D eigenvalue weighted by atomic mass is 9.83. The first-order valence-corrected chi connectivity index (χ1v) is 11.5. The Morgan fingerprint density at radius 1 is 1.11 bits per heavy atom. The fourth-order valence-electron chi connectivity index (χ4n) is 4.22. The highest BCUT2D eigenvalue weighted by Crippen LogP contribution is 2.41. The summed E-state index contributed by atoms with van der Waals surface area (Å²) >= 11 is 7.24. The molecule has 3 aliphatic rings. The number of piperazine rings is 1. The molecule has 4 rings (SSSR count). The van der Waals surface area contributed by atoms with Crippen LogP contribution in [0.15, 0.2) is 38.9 Å². The first-order valence-electron chi connectivity index (χ1n) is 9.90. The summed E-state index contributed by atoms with van der Waals surface area (Å²) in [6.07, 6.45) is 7.32. The summed E-state index contributed by atoms with van der Waals surface area (Å²) in [5.41, 5.74) is 4.06. The summed E-state index contributed by atoms with van der Waals surface area (Å²) in [6.45, 7) is 8.20. The van der Waals surface area contributed by atoms with Gasteiger partial charge in [0.2, 0.25) is 0 Å². The van der Waals surface area contributed by atoms with Gasteiger partial charge in [-0.15, -0.1) is 0 Å². The van der Waals surface area contributed by atoms with E-state index < -0.39 is 0 Å². The molecular formula is C21H29Br2N3O. The van der Waals surface area contributed by atoms with Crippen LogP contribution < -0.4 is 10.6 Å². The molecule has 2 atom stereocenters. The smallest absolute Gasteiger partial charge is 0.130 e. The molecule has 4 nitrogen and oxygen atoms in total. The third kappa shape index (κ3) is 4.61. The maximum absolute atomic E-state index is 10.2. The molecule has 1 aliphatic carbocycles. The monoisotopic (exact) mass is 497 g/mol. The zero-order chi connectivity index (χ0) is 19.4. The molecule has 1 aromatic carbocycles. The second-order valence-corrected chi connectivity index (χ2v) is 8.68. The van der Waals surface area contributed by atoms with E-state index in [1.807, 2.05) is 19.9 Å². The van der Waals surface area contributed by atoms with Gasteiger partial charge in [-0.2, -0.15) is 0 Å². The van der Waals surface area contributed by atoms with Gasteiger partial charge in [-0.25, -0.2) is 0 Å². The van der Waals surface area contributed by atoms with E-state index in [0.29, 0.717) is 17.8 Å². The van der Waals surface area contributed by atoms with E-state index in [2.05, 4.69) is 65.7 Å². The Morgan fingerprint density at radius 3 is 2.59 bits per heavy atom. The molecule has 148 valence electrons. The summed E-state index contributed by atoms with van der Waals surface area (Å²) < 4.78 is 1.97. The predicted molar refractivity (Wildman–Crippen MR) is 119 cm³/mol. The van der Waals surface area contributed by atoms with E-state index in [1.165, 1.54) is 16.7 Å². The lowest BCUT2D eigenvalue weighted by molar-refractivity contribution is 0.157. The van der Waals surface area contributed by atoms with Crippen LogP contribution in [0.3, 0.4) is 0 Å². The van der Waals surface area contributed by atoms with Crippen LogP contribution >= 0.6 is 31.9 Å². The lowest BCUT2D eigenvalue weighted by Crippen LogP contribution is -2.47. The van der Waals surface area contributed by atoms with Crippen LogP contribution in [0.5, 0.6) is 5.75 Å². The zero-order valence-corrected chi connectivity index (χ0v) is 19.2. The number of nitrogens with zero attached hydrogens (tertiary/aromatic N) is 1. The van der Waals surface area contributed by atoms with Gasteiger partial charge in [0.15, 0.2) is 0 Å². The Labute approximate surface area is 179 Å². The minimum Gasteiger partial charge on any atom is -0.507 e. The molecule has 27 heavy (non-hydrogen) atoms. The Bertz CT molecular complexity index is 726. The Kier molecular flexibility index (Phi) is 7.42. The number of phenolic OH excluding ortho intramolecular Hbond substituents is 1. The number of allylic oxidation sites excluding steroid dienone is 2. The molecule has 1 aromatic rings. The van der Waals surface area contributed by atoms with E-state index in [4.69, 9.17) is 0 Å². The molecule has 1 saturated heterocycles. The van der Waals surface area contributed by atoms with Gasteiger partial charge in [-0.1, -0.05) is 19.9 Å². The minimum atomic E-state index is 0.340. The second kappa shape index (κ2) is 9.59. The number of fused-ring (bicyclic) bond motifs is 2. The van der Waals surface area contributed by atoms with Crippen LogP contribution in [0.1, 0.15) is 43.9 Å². The number of aromatic hydroxyl groups is 1. The van der Waals surface area contributed by atoms with Crippen LogP contribution in [0.25, 0.3) is 0 Å². The van der Waals surface area contributed by atoms with Gasteiger partial charge in [0.05, 0.1) is 4.47 Å². The summed E-state index contributed by atoms with van der Waals surface area (Å²) in [5, 5.41) is 17.2. The fourth-order valence-corrected chi connectivity index (χ4v) is 5.21. The summed E-state index contributed by atoms with van der Waals surface area (Å²) in [6, 6.07) is 4.70. The van der Waals surface area contributed by atoms with Gasteiger partial charge in [0.1, 0.15) is 5.75 Å². The van der Waals surface area contributed by atoms with Crippen LogP contribution in [0, 0.1) is 0 Å². The topological polar surface area (TPSA) is 47.5 Å². The average Bonchev–Trinajstić information content (AvgIpc) is 2.69. The highest BCUT2D eigenvalue weighted by atomic mass is 79.9. The fraction of sp³-hybridized carbons (Fsp3) is 0.524. The van der Waals surface area contributed by atoms with E-state index in [9.17, 15) is 5.11 Å². The third-order valence-corrected chi connectivity index (χ3v) is 6.87. The lowest BCUT2D eigenvalue weighted by Gasteiger charge is -2.40. The van der Waals surface area contributed by atoms with Crippen LogP contribution in [-0.2, 0) is 6.42 Å². The molecular weight excluding hydrogens is 470 g/mol. The molecule has 3 N–H and O–H groups in total. The molecule has 0 aromatic heterocycles. The number of hydrogen-bond acceptors (Lipinski definition) is 4. The number of rotatable bonds is 1. The third-order valence-electron chi connectivity index (χ3n) is 5.53. The number of benzene rings is 1. The van der Waals surface area contributed by atoms with Gasteiger partial charge >= 0.3 is 0 Å². The van der Waals surface area contributed by atoms with Crippen molar-refractivity contribution in [2.75, 3.05) is 26.2 Å². The number of halogens is 2. The second-order valence-electron chi connectivity index (χ2n) is 6.97. The van der Waals surface area contributed by atoms with Gasteiger partial charge in [0.25, 0.3) is 0 Å². The van der Waals surface area contributed by atoms with Crippen molar-refractivity contribution in [2.45, 2.75) is 45.2 Å². The molecule has 1 fully saturated rings. The minimum absolute atomic E-state index is 0.340. The molecule has 2 unspecified atom stereocenters. The summed E-state index contributed by atoms with van der Waals surface area (Å²) in [5.74, 6) is 0.340. The van der Waals surface area contributed by atoms with E-state index in [1.54, 1.807) is 0 Å². The maximum Gasteiger partial charge on any atom is 0.130 e. The van der Waals surface area contributed by atoms with Crippen molar-refractivity contribution in [1.82, 2.24) is 15.5 Å². The molecule has 0 bridgehead atoms. The van der Waals surface area contributed by atoms with Crippen molar-refractivity contribution in [1.29, 1.82) is 0 Å². The molecule has 0 radical (unpaired) electrons. The predicted octanol–water partition coefficient (Wildman–Crippen LogP) is 4.60. The first kappa shape index (κ1) is 20.9. The standard InChI is InChI=1S/C19H23Br2N3O.C2H6/c20-13-9-12-1-2-15-14(3-4-18(25)19(15)21)17(10-16(12)23-11-13)24-7-5-22-6-8-24;1-2/h3-4,9,11,16-17,22-23,25H,1-2,5-8,10H2;1-2H3. The largest absolute Gasteiger partial charge is 0.507 e. The average molecular weight is 499 g/mol. The number of hydrogen-bond donors (Lipinski definition) is 3. The van der Waals surface area contributed by atoms with Crippen molar-refractivity contribution in [2.24, 2.45) is 0 Å². The SMILES string of the molecule is CC.Oc1ccc2c(c1Br)CCC1=CC(Br)=CNC1CC2N1CCNCC1. The van der Waals surface area contributed by atoms with Crippen LogP contribution in [0.4, 0.5) is 0 Å². The van der Waals surface area contributed by atoms with Gasteiger partial charge in [-0.05, 0) is 80.0 Å². The van der Waals surface area contributed by atoms with E-state index >= 15 is 0 Å². The quantitative estimate of drug-likeness (QED) is 0.529. The van der Waals surface area contributed by atoms with E-state index in [-0.39, 0.29) is 0 Å². The molecule has 2 aliphatic heterocycles. The zero-order valence-electron chi connectivity index (χ0n) is 16.1. The molecule has 0 amide bonds. The Morgan fingerprint density at radius 2 is 1.85 bits per heavy atom. The van der Waals surface area contributed by atoms with Crippen LogP contribution in [-0.4, -0.2) is 42.2 Å². The van der Waals surface area contributed by atoms with Crippen molar-refractivity contribution >= 4 is 31.9 Å². The normalized spacial score (nSPS) is 25.3. The van der Waals surface area contributed by atoms with Crippen molar-refractivity contribution < 1.29 is 5.11 Å². The maximum atomic E-state index is 10.2. The van der Waals surface area contributed by atoms with E-state index in [0.717, 1.165) is 54.4 Å². The molecule has 0 spiro atoms. The van der Waals surface area contributed by atoms with Gasteiger partial charge < -0.3 is 15.7 Å². The van der Waals surface area contributed by atoms with Crippen molar-refractivity contribution in [3.05, 3.63) is 50.1 Å². The Balaban J connectivity index is 0.00000102.